The first-order valence-corrected chi connectivity index (χ1v) is 21.8. The van der Waals surface area contributed by atoms with Crippen LogP contribution in [0, 0.1) is 0 Å². The lowest BCUT2D eigenvalue weighted by molar-refractivity contribution is -0.143. The second kappa shape index (κ2) is 40.8. The maximum atomic E-state index is 12.3. The Morgan fingerprint density at radius 3 is 1.43 bits per heavy atom. The molecule has 0 spiro atoms. The van der Waals surface area contributed by atoms with Crippen molar-refractivity contribution in [2.24, 2.45) is 0 Å². The molecule has 0 saturated carbocycles. The third kappa shape index (κ3) is 37.6. The minimum absolute atomic E-state index is 0.0446. The van der Waals surface area contributed by atoms with Gasteiger partial charge in [0, 0.05) is 12.8 Å². The van der Waals surface area contributed by atoms with Crippen molar-refractivity contribution >= 4 is 11.9 Å². The highest BCUT2D eigenvalue weighted by molar-refractivity contribution is 5.76. The molecule has 0 aromatic heterocycles. The van der Waals surface area contributed by atoms with E-state index in [1.807, 2.05) is 6.08 Å². The molecule has 0 fully saturated rings. The molecule has 298 valence electrons. The van der Waals surface area contributed by atoms with Gasteiger partial charge in [0.2, 0.25) is 5.91 Å². The summed E-state index contributed by atoms with van der Waals surface area (Å²) in [5.74, 6) is -0.146. The third-order valence-electron chi connectivity index (χ3n) is 9.63. The molecular formula is C45H83NO5. The fraction of sp³-hybridized carbons (Fsp3) is 0.822. The zero-order valence-corrected chi connectivity index (χ0v) is 33.6. The topological polar surface area (TPSA) is 95.9 Å². The van der Waals surface area contributed by atoms with Crippen LogP contribution in [0.1, 0.15) is 213 Å². The summed E-state index contributed by atoms with van der Waals surface area (Å²) in [5.41, 5.74) is 0. The number of hydrogen-bond acceptors (Lipinski definition) is 5. The average Bonchev–Trinajstić information content (AvgIpc) is 3.13. The number of allylic oxidation sites excluding steroid dienone is 5. The van der Waals surface area contributed by atoms with Gasteiger partial charge in [0.05, 0.1) is 25.4 Å². The number of carbonyl (C=O) groups excluding carboxylic acids is 2. The van der Waals surface area contributed by atoms with Crippen molar-refractivity contribution in [3.05, 3.63) is 36.5 Å². The van der Waals surface area contributed by atoms with E-state index in [2.05, 4.69) is 43.5 Å². The number of amides is 1. The molecule has 0 rings (SSSR count). The van der Waals surface area contributed by atoms with E-state index in [1.165, 1.54) is 103 Å². The molecule has 1 amide bonds. The second-order valence-corrected chi connectivity index (χ2v) is 14.7. The number of carbonyl (C=O) groups is 2. The molecule has 0 aromatic carbocycles. The number of esters is 1. The number of aliphatic hydroxyl groups excluding tert-OH is 2. The maximum absolute atomic E-state index is 12.3. The van der Waals surface area contributed by atoms with E-state index in [0.717, 1.165) is 83.5 Å². The summed E-state index contributed by atoms with van der Waals surface area (Å²) in [5, 5.41) is 22.9. The van der Waals surface area contributed by atoms with Gasteiger partial charge in [0.1, 0.15) is 0 Å². The Hall–Kier alpha value is -1.92. The normalized spacial score (nSPS) is 13.1. The second-order valence-electron chi connectivity index (χ2n) is 14.7. The number of hydrogen-bond donors (Lipinski definition) is 3. The van der Waals surface area contributed by atoms with E-state index in [9.17, 15) is 19.8 Å². The van der Waals surface area contributed by atoms with Crippen LogP contribution < -0.4 is 5.32 Å². The number of rotatable bonds is 39. The SMILES string of the molecule is CCCCC/C=C\CCCCCCCC(=O)OCCCC/C=C\CCCCCCCC(=O)NC(CO)C(O)/C=C/CCCCCCCCCCC. The van der Waals surface area contributed by atoms with Crippen LogP contribution >= 0.6 is 0 Å². The number of ether oxygens (including phenoxy) is 1. The fourth-order valence-corrected chi connectivity index (χ4v) is 6.21. The first-order valence-electron chi connectivity index (χ1n) is 21.8. The van der Waals surface area contributed by atoms with Crippen LogP contribution in [0.2, 0.25) is 0 Å². The summed E-state index contributed by atoms with van der Waals surface area (Å²) < 4.78 is 5.40. The lowest BCUT2D eigenvalue weighted by Gasteiger charge is -2.20. The highest BCUT2D eigenvalue weighted by Crippen LogP contribution is 2.13. The predicted octanol–water partition coefficient (Wildman–Crippen LogP) is 12.2. The highest BCUT2D eigenvalue weighted by Gasteiger charge is 2.17. The van der Waals surface area contributed by atoms with Gasteiger partial charge in [-0.3, -0.25) is 9.59 Å². The van der Waals surface area contributed by atoms with Crippen LogP contribution in [0.15, 0.2) is 36.5 Å². The van der Waals surface area contributed by atoms with E-state index in [-0.39, 0.29) is 18.5 Å². The van der Waals surface area contributed by atoms with Crippen molar-refractivity contribution in [1.29, 1.82) is 0 Å². The summed E-state index contributed by atoms with van der Waals surface area (Å²) in [4.78, 5) is 24.3. The van der Waals surface area contributed by atoms with Gasteiger partial charge in [0.25, 0.3) is 0 Å². The van der Waals surface area contributed by atoms with Crippen LogP contribution in [-0.4, -0.2) is 47.4 Å². The van der Waals surface area contributed by atoms with Crippen LogP contribution in [-0.2, 0) is 14.3 Å². The Balaban J connectivity index is 3.58. The zero-order chi connectivity index (χ0) is 37.3. The molecule has 0 aliphatic rings. The van der Waals surface area contributed by atoms with Gasteiger partial charge in [-0.1, -0.05) is 153 Å². The van der Waals surface area contributed by atoms with Gasteiger partial charge >= 0.3 is 5.97 Å². The number of unbranched alkanes of at least 4 members (excludes halogenated alkanes) is 24. The number of nitrogens with one attached hydrogen (secondary N) is 1. The predicted molar refractivity (Wildman–Crippen MR) is 218 cm³/mol. The van der Waals surface area contributed by atoms with Gasteiger partial charge < -0.3 is 20.3 Å². The summed E-state index contributed by atoms with van der Waals surface area (Å²) >= 11 is 0. The minimum Gasteiger partial charge on any atom is -0.466 e. The van der Waals surface area contributed by atoms with Gasteiger partial charge in [-0.2, -0.15) is 0 Å². The Kier molecular flexibility index (Phi) is 39.3. The zero-order valence-electron chi connectivity index (χ0n) is 33.6. The van der Waals surface area contributed by atoms with Crippen molar-refractivity contribution < 1.29 is 24.5 Å². The molecule has 2 unspecified atom stereocenters. The maximum Gasteiger partial charge on any atom is 0.305 e. The molecule has 6 heteroatoms. The summed E-state index contributed by atoms with van der Waals surface area (Å²) in [6.07, 6.45) is 47.0. The molecular weight excluding hydrogens is 634 g/mol. The van der Waals surface area contributed by atoms with Gasteiger partial charge in [0.15, 0.2) is 0 Å². The monoisotopic (exact) mass is 718 g/mol. The molecule has 3 N–H and O–H groups in total. The Labute approximate surface area is 315 Å². The van der Waals surface area contributed by atoms with Crippen molar-refractivity contribution in [3.63, 3.8) is 0 Å². The minimum atomic E-state index is -0.861. The van der Waals surface area contributed by atoms with E-state index >= 15 is 0 Å². The van der Waals surface area contributed by atoms with E-state index in [1.54, 1.807) is 6.08 Å². The van der Waals surface area contributed by atoms with Crippen LogP contribution in [0.3, 0.4) is 0 Å². The van der Waals surface area contributed by atoms with E-state index in [4.69, 9.17) is 4.74 Å². The fourth-order valence-electron chi connectivity index (χ4n) is 6.21. The van der Waals surface area contributed by atoms with Gasteiger partial charge in [-0.25, -0.2) is 0 Å². The van der Waals surface area contributed by atoms with Crippen molar-refractivity contribution in [3.8, 4) is 0 Å². The smallest absolute Gasteiger partial charge is 0.305 e. The lowest BCUT2D eigenvalue weighted by atomic mass is 10.1. The van der Waals surface area contributed by atoms with E-state index < -0.39 is 12.1 Å². The molecule has 6 nitrogen and oxygen atoms in total. The first kappa shape index (κ1) is 49.1. The molecule has 0 heterocycles. The van der Waals surface area contributed by atoms with Crippen LogP contribution in [0.5, 0.6) is 0 Å². The lowest BCUT2D eigenvalue weighted by Crippen LogP contribution is -2.45. The van der Waals surface area contributed by atoms with Crippen LogP contribution in [0.25, 0.3) is 0 Å². The summed E-state index contributed by atoms with van der Waals surface area (Å²) in [7, 11) is 0. The molecule has 0 bridgehead atoms. The van der Waals surface area contributed by atoms with E-state index in [0.29, 0.717) is 19.4 Å². The largest absolute Gasteiger partial charge is 0.466 e. The Morgan fingerprint density at radius 2 is 0.922 bits per heavy atom. The average molecular weight is 718 g/mol. The van der Waals surface area contributed by atoms with Crippen molar-refractivity contribution in [1.82, 2.24) is 5.32 Å². The quantitative estimate of drug-likeness (QED) is 0.0334. The van der Waals surface area contributed by atoms with Crippen LogP contribution in [0.4, 0.5) is 0 Å². The van der Waals surface area contributed by atoms with Crippen molar-refractivity contribution in [2.75, 3.05) is 13.2 Å². The van der Waals surface area contributed by atoms with Gasteiger partial charge in [-0.15, -0.1) is 0 Å². The Morgan fingerprint density at radius 1 is 0.529 bits per heavy atom. The molecule has 0 aliphatic carbocycles. The number of aliphatic hydroxyl groups is 2. The third-order valence-corrected chi connectivity index (χ3v) is 9.63. The molecule has 0 radical (unpaired) electrons. The summed E-state index contributed by atoms with van der Waals surface area (Å²) in [6, 6.07) is -0.647. The first-order chi connectivity index (χ1) is 25.0. The highest BCUT2D eigenvalue weighted by atomic mass is 16.5. The molecule has 51 heavy (non-hydrogen) atoms. The Bertz CT molecular complexity index is 838. The van der Waals surface area contributed by atoms with Gasteiger partial charge in [-0.05, 0) is 83.5 Å². The molecule has 2 atom stereocenters. The van der Waals surface area contributed by atoms with Crippen molar-refractivity contribution in [2.45, 2.75) is 225 Å². The molecule has 0 aromatic rings. The molecule has 0 aliphatic heterocycles. The summed E-state index contributed by atoms with van der Waals surface area (Å²) in [6.45, 7) is 4.76. The standard InChI is InChI=1S/C45H83NO5/c1-3-5-7-9-11-13-15-19-23-27-31-35-39-45(50)51-40-36-32-28-24-20-16-18-22-26-30-34-38-44(49)46-42(41-47)43(48)37-33-29-25-21-17-14-12-10-8-6-4-2/h11,13,20,24,33,37,42-43,47-48H,3-10,12,14-19,21-23,25-32,34-36,38-41H2,1-2H3,(H,46,49)/b13-11-,24-20-,37-33+. The molecule has 0 saturated heterocycles.